The van der Waals surface area contributed by atoms with Crippen LogP contribution in [-0.4, -0.2) is 17.3 Å². The Morgan fingerprint density at radius 3 is 2.20 bits per heavy atom. The van der Waals surface area contributed by atoms with Crippen LogP contribution in [-0.2, 0) is 0 Å². The van der Waals surface area contributed by atoms with Gasteiger partial charge in [-0.1, -0.05) is 40.0 Å². The molecule has 0 saturated heterocycles. The van der Waals surface area contributed by atoms with Gasteiger partial charge in [0.05, 0.1) is 6.10 Å². The molecule has 3 heteroatoms. The van der Waals surface area contributed by atoms with E-state index in [-0.39, 0.29) is 62.1 Å². The second-order valence-corrected chi connectivity index (χ2v) is 5.17. The van der Waals surface area contributed by atoms with Gasteiger partial charge in [0.2, 0.25) is 0 Å². The maximum absolute atomic E-state index is 10.0. The van der Waals surface area contributed by atoms with E-state index in [2.05, 4.69) is 27.7 Å². The molecule has 0 amide bonds. The molecule has 1 rings (SSSR count). The van der Waals surface area contributed by atoms with Crippen molar-refractivity contribution in [3.8, 4) is 0 Å². The van der Waals surface area contributed by atoms with E-state index in [0.717, 1.165) is 12.8 Å². The van der Waals surface area contributed by atoms with E-state index < -0.39 is 0 Å². The summed E-state index contributed by atoms with van der Waals surface area (Å²) in [5.41, 5.74) is 8.17. The topological polar surface area (TPSA) is 44.0 Å². The normalized spacial score (nSPS) is 39.6. The zero-order valence-electron chi connectivity index (χ0n) is 10.4. The Morgan fingerprint density at radius 1 is 1.33 bits per heavy atom. The van der Waals surface area contributed by atoms with Crippen LogP contribution >= 0.6 is 0 Å². The van der Waals surface area contributed by atoms with Crippen LogP contribution in [0.25, 0.3) is 5.73 Å². The fourth-order valence-corrected chi connectivity index (χ4v) is 2.80. The summed E-state index contributed by atoms with van der Waals surface area (Å²) in [6, 6.07) is -0.0880. The molecule has 1 saturated carbocycles. The van der Waals surface area contributed by atoms with Crippen molar-refractivity contribution in [3.63, 3.8) is 0 Å². The van der Waals surface area contributed by atoms with Gasteiger partial charge in [-0.2, -0.15) is 0 Å². The third-order valence-electron chi connectivity index (χ3n) is 4.05. The van der Waals surface area contributed by atoms with E-state index in [1.165, 1.54) is 0 Å². The minimum absolute atomic E-state index is 0. The average Bonchev–Trinajstić information content (AvgIpc) is 2.39. The van der Waals surface area contributed by atoms with Gasteiger partial charge in [-0.15, -0.1) is 6.04 Å². The van der Waals surface area contributed by atoms with Gasteiger partial charge in [-0.3, -0.25) is 0 Å². The maximum Gasteiger partial charge on any atom is 0.0582 e. The number of aliphatic hydroxyl groups excluding tert-OH is 1. The predicted molar refractivity (Wildman–Crippen MR) is 60.0 cm³/mol. The number of rotatable bonds is 3. The van der Waals surface area contributed by atoms with Crippen LogP contribution in [0.3, 0.4) is 0 Å². The Hall–Kier alpha value is 1.36. The predicted octanol–water partition coefficient (Wildman–Crippen LogP) is 3.11. The van der Waals surface area contributed by atoms with Crippen LogP contribution < -0.4 is 0 Å². The molecule has 1 radical (unpaired) electrons. The van der Waals surface area contributed by atoms with Crippen molar-refractivity contribution in [3.05, 3.63) is 5.73 Å². The standard InChI is InChI=1S/C12H24NO.Ac/c1-5-7(2)11(13)10-8(3)6-9(4)12(10)14;/h7-14H,5-6H2,1-4H3;/q-1;. The molecule has 2 N–H and O–H groups in total. The summed E-state index contributed by atoms with van der Waals surface area (Å²) >= 11 is 0. The van der Waals surface area contributed by atoms with Gasteiger partial charge in [-0.25, -0.2) is 0 Å². The van der Waals surface area contributed by atoms with Crippen molar-refractivity contribution >= 4 is 0 Å². The number of hydrogen-bond donors (Lipinski definition) is 1. The molecule has 0 aromatic rings. The Labute approximate surface area is 130 Å². The number of hydrogen-bond acceptors (Lipinski definition) is 1. The van der Waals surface area contributed by atoms with Crippen LogP contribution in [0, 0.1) is 67.7 Å². The smallest absolute Gasteiger partial charge is 0.0582 e. The first kappa shape index (κ1) is 16.4. The van der Waals surface area contributed by atoms with Gasteiger partial charge in [0.25, 0.3) is 0 Å². The third kappa shape index (κ3) is 3.66. The van der Waals surface area contributed by atoms with E-state index in [1.54, 1.807) is 0 Å². The SMILES string of the molecule is CCC(C)C([NH-])C1C(C)CC(C)C1O.[Ac]. The fourth-order valence-electron chi connectivity index (χ4n) is 2.80. The van der Waals surface area contributed by atoms with E-state index in [0.29, 0.717) is 17.8 Å². The van der Waals surface area contributed by atoms with Crippen molar-refractivity contribution in [2.75, 3.05) is 0 Å². The van der Waals surface area contributed by atoms with Crippen molar-refractivity contribution in [2.24, 2.45) is 23.7 Å². The summed E-state index contributed by atoms with van der Waals surface area (Å²) in [7, 11) is 0. The van der Waals surface area contributed by atoms with Gasteiger partial charge in [0.15, 0.2) is 0 Å². The Morgan fingerprint density at radius 2 is 1.87 bits per heavy atom. The zero-order chi connectivity index (χ0) is 10.9. The summed E-state index contributed by atoms with van der Waals surface area (Å²) in [4.78, 5) is 0. The van der Waals surface area contributed by atoms with E-state index in [1.807, 2.05) is 0 Å². The number of aliphatic hydroxyl groups is 1. The molecule has 0 aromatic heterocycles. The molecule has 87 valence electrons. The molecule has 6 unspecified atom stereocenters. The zero-order valence-corrected chi connectivity index (χ0v) is 15.1. The molecule has 0 aliphatic heterocycles. The van der Waals surface area contributed by atoms with E-state index in [4.69, 9.17) is 5.73 Å². The molecular formula is C12H24AcNO-. The Kier molecular flexibility index (Phi) is 7.57. The van der Waals surface area contributed by atoms with Crippen LogP contribution in [0.5, 0.6) is 0 Å². The first-order chi connectivity index (χ1) is 6.49. The summed E-state index contributed by atoms with van der Waals surface area (Å²) in [5, 5.41) is 10.0. The Balaban J connectivity index is 0.00000196. The summed E-state index contributed by atoms with van der Waals surface area (Å²) in [5.74, 6) is 1.49. The first-order valence-electron chi connectivity index (χ1n) is 5.88. The molecule has 1 aliphatic rings. The summed E-state index contributed by atoms with van der Waals surface area (Å²) in [6.45, 7) is 8.54. The molecule has 0 spiro atoms. The monoisotopic (exact) mass is 425 g/mol. The molecular weight excluding hydrogens is 401 g/mol. The van der Waals surface area contributed by atoms with Crippen LogP contribution in [0.1, 0.15) is 40.5 Å². The molecule has 1 fully saturated rings. The summed E-state index contributed by atoms with van der Waals surface area (Å²) < 4.78 is 0. The van der Waals surface area contributed by atoms with Crippen molar-refractivity contribution < 1.29 is 49.2 Å². The molecule has 2 nitrogen and oxygen atoms in total. The van der Waals surface area contributed by atoms with Crippen molar-refractivity contribution in [1.29, 1.82) is 0 Å². The van der Waals surface area contributed by atoms with Gasteiger partial charge in [-0.05, 0) is 24.2 Å². The van der Waals surface area contributed by atoms with Crippen LogP contribution in [0.4, 0.5) is 0 Å². The Bertz CT molecular complexity index is 188. The molecule has 0 heterocycles. The average molecular weight is 425 g/mol. The quantitative estimate of drug-likeness (QED) is 0.742. The second kappa shape index (κ2) is 6.94. The van der Waals surface area contributed by atoms with Gasteiger partial charge in [0, 0.05) is 44.1 Å². The van der Waals surface area contributed by atoms with Gasteiger partial charge in [0.1, 0.15) is 0 Å². The van der Waals surface area contributed by atoms with Crippen LogP contribution in [0.2, 0.25) is 0 Å². The number of nitrogens with one attached hydrogen (secondary N) is 1. The maximum atomic E-state index is 10.0. The van der Waals surface area contributed by atoms with Crippen molar-refractivity contribution in [2.45, 2.75) is 52.7 Å². The largest absolute Gasteiger partial charge is 0.674 e. The van der Waals surface area contributed by atoms with Gasteiger partial charge >= 0.3 is 0 Å². The molecule has 1 aliphatic carbocycles. The molecule has 0 bridgehead atoms. The minimum atomic E-state index is -0.249. The first-order valence-corrected chi connectivity index (χ1v) is 5.88. The van der Waals surface area contributed by atoms with Crippen LogP contribution in [0.15, 0.2) is 0 Å². The second-order valence-electron chi connectivity index (χ2n) is 5.17. The van der Waals surface area contributed by atoms with E-state index >= 15 is 0 Å². The molecule has 0 aromatic carbocycles. The fraction of sp³-hybridized carbons (Fsp3) is 1.00. The van der Waals surface area contributed by atoms with Crippen molar-refractivity contribution in [1.82, 2.24) is 0 Å². The third-order valence-corrected chi connectivity index (χ3v) is 4.05. The molecule has 15 heavy (non-hydrogen) atoms. The minimum Gasteiger partial charge on any atom is -0.674 e. The van der Waals surface area contributed by atoms with Gasteiger partial charge < -0.3 is 10.8 Å². The summed E-state index contributed by atoms with van der Waals surface area (Å²) in [6.07, 6.45) is 1.87. The molecule has 6 atom stereocenters. The van der Waals surface area contributed by atoms with E-state index in [9.17, 15) is 5.11 Å².